The Hall–Kier alpha value is -2.63. The standard InChI is InChI=1S/C20H18N2O2S/c1-21-10-8-12-2-4-13(5-3-12)17-16(23)7-6-15-18(17)14-9-11-25-19(14)20(24)22-15/h2-7,9,11,21,23H,8,10H2,1H3,(H,22,24). The fraction of sp³-hybridized carbons (Fsp3) is 0.150. The number of pyridine rings is 1. The number of hydrogen-bond donors (Lipinski definition) is 3. The van der Waals surface area contributed by atoms with Gasteiger partial charge in [0.05, 0.1) is 0 Å². The molecule has 0 radical (unpaired) electrons. The van der Waals surface area contributed by atoms with Gasteiger partial charge in [0.2, 0.25) is 0 Å². The first-order chi connectivity index (χ1) is 12.2. The van der Waals surface area contributed by atoms with Crippen molar-refractivity contribution >= 4 is 32.3 Å². The first-order valence-corrected chi connectivity index (χ1v) is 9.06. The summed E-state index contributed by atoms with van der Waals surface area (Å²) in [7, 11) is 1.94. The summed E-state index contributed by atoms with van der Waals surface area (Å²) >= 11 is 1.42. The zero-order valence-electron chi connectivity index (χ0n) is 13.8. The third-order valence-corrected chi connectivity index (χ3v) is 5.39. The van der Waals surface area contributed by atoms with Gasteiger partial charge in [-0.15, -0.1) is 11.3 Å². The molecule has 4 rings (SSSR count). The Balaban J connectivity index is 1.96. The van der Waals surface area contributed by atoms with Crippen molar-refractivity contribution in [1.29, 1.82) is 0 Å². The second-order valence-electron chi connectivity index (χ2n) is 6.05. The van der Waals surface area contributed by atoms with Gasteiger partial charge >= 0.3 is 0 Å². The van der Waals surface area contributed by atoms with E-state index in [2.05, 4.69) is 22.4 Å². The number of hydrogen-bond acceptors (Lipinski definition) is 4. The van der Waals surface area contributed by atoms with Gasteiger partial charge in [0, 0.05) is 21.9 Å². The molecule has 0 aliphatic carbocycles. The number of phenols is 1. The minimum absolute atomic E-state index is 0.0865. The topological polar surface area (TPSA) is 65.1 Å². The highest BCUT2D eigenvalue weighted by atomic mass is 32.1. The fourth-order valence-corrected chi connectivity index (χ4v) is 4.03. The van der Waals surface area contributed by atoms with Crippen molar-refractivity contribution in [2.75, 3.05) is 13.6 Å². The van der Waals surface area contributed by atoms with E-state index in [1.807, 2.05) is 30.6 Å². The molecule has 126 valence electrons. The number of fused-ring (bicyclic) bond motifs is 3. The van der Waals surface area contributed by atoms with Crippen molar-refractivity contribution in [3.8, 4) is 16.9 Å². The predicted molar refractivity (Wildman–Crippen MR) is 105 cm³/mol. The quantitative estimate of drug-likeness (QED) is 0.523. The van der Waals surface area contributed by atoms with Crippen LogP contribution >= 0.6 is 11.3 Å². The highest BCUT2D eigenvalue weighted by Gasteiger charge is 2.15. The highest BCUT2D eigenvalue weighted by molar-refractivity contribution is 7.17. The van der Waals surface area contributed by atoms with E-state index in [0.29, 0.717) is 4.70 Å². The molecule has 0 aliphatic heterocycles. The van der Waals surface area contributed by atoms with Crippen LogP contribution in [-0.4, -0.2) is 23.7 Å². The molecule has 0 spiro atoms. The highest BCUT2D eigenvalue weighted by Crippen LogP contribution is 2.39. The third kappa shape index (κ3) is 2.71. The molecule has 0 atom stereocenters. The molecule has 0 fully saturated rings. The second kappa shape index (κ2) is 6.35. The molecule has 0 unspecified atom stereocenters. The lowest BCUT2D eigenvalue weighted by Gasteiger charge is -2.11. The number of H-pyrrole nitrogens is 1. The van der Waals surface area contributed by atoms with Gasteiger partial charge in [-0.3, -0.25) is 4.79 Å². The van der Waals surface area contributed by atoms with Crippen molar-refractivity contribution in [3.05, 3.63) is 63.8 Å². The maximum atomic E-state index is 12.2. The summed E-state index contributed by atoms with van der Waals surface area (Å²) in [6, 6.07) is 13.6. The normalized spacial score (nSPS) is 11.4. The van der Waals surface area contributed by atoms with Crippen LogP contribution in [0.2, 0.25) is 0 Å². The van der Waals surface area contributed by atoms with Crippen LogP contribution in [0.15, 0.2) is 52.6 Å². The Labute approximate surface area is 148 Å². The largest absolute Gasteiger partial charge is 0.507 e. The SMILES string of the molecule is CNCCc1ccc(-c2c(O)ccc3[nH]c(=O)c4sccc4c23)cc1. The summed E-state index contributed by atoms with van der Waals surface area (Å²) < 4.78 is 0.685. The van der Waals surface area contributed by atoms with Gasteiger partial charge in [0.25, 0.3) is 5.56 Å². The molecular weight excluding hydrogens is 332 g/mol. The molecule has 5 heteroatoms. The lowest BCUT2D eigenvalue weighted by molar-refractivity contribution is 0.478. The Morgan fingerprint density at radius 2 is 1.92 bits per heavy atom. The van der Waals surface area contributed by atoms with Crippen LogP contribution in [-0.2, 0) is 6.42 Å². The maximum absolute atomic E-state index is 12.2. The van der Waals surface area contributed by atoms with Gasteiger partial charge in [0.15, 0.2) is 0 Å². The number of thiophene rings is 1. The van der Waals surface area contributed by atoms with Gasteiger partial charge in [-0.05, 0) is 54.7 Å². The fourth-order valence-electron chi connectivity index (χ4n) is 3.24. The van der Waals surface area contributed by atoms with Crippen molar-refractivity contribution in [2.24, 2.45) is 0 Å². The van der Waals surface area contributed by atoms with Crippen LogP contribution in [0.1, 0.15) is 5.56 Å². The molecule has 0 saturated heterocycles. The molecule has 3 N–H and O–H groups in total. The molecular formula is C20H18N2O2S. The minimum Gasteiger partial charge on any atom is -0.507 e. The number of aromatic nitrogens is 1. The summed E-state index contributed by atoms with van der Waals surface area (Å²) in [6.45, 7) is 0.926. The van der Waals surface area contributed by atoms with Crippen LogP contribution in [0, 0.1) is 0 Å². The third-order valence-electron chi connectivity index (χ3n) is 4.48. The van der Waals surface area contributed by atoms with Gasteiger partial charge in [0.1, 0.15) is 10.4 Å². The molecule has 25 heavy (non-hydrogen) atoms. The number of nitrogens with one attached hydrogen (secondary N) is 2. The average molecular weight is 350 g/mol. The molecule has 0 aliphatic rings. The molecule has 0 amide bonds. The number of aromatic amines is 1. The molecule has 0 bridgehead atoms. The van der Waals surface area contributed by atoms with Crippen molar-refractivity contribution in [1.82, 2.24) is 10.3 Å². The molecule has 2 aromatic heterocycles. The van der Waals surface area contributed by atoms with E-state index in [-0.39, 0.29) is 11.3 Å². The number of phenolic OH excluding ortho intramolecular Hbond substituents is 1. The molecule has 4 aromatic rings. The number of rotatable bonds is 4. The smallest absolute Gasteiger partial charge is 0.266 e. The van der Waals surface area contributed by atoms with Crippen LogP contribution in [0.5, 0.6) is 5.75 Å². The Morgan fingerprint density at radius 3 is 2.68 bits per heavy atom. The van der Waals surface area contributed by atoms with E-state index in [4.69, 9.17) is 0 Å². The maximum Gasteiger partial charge on any atom is 0.266 e. The lowest BCUT2D eigenvalue weighted by atomic mass is 9.96. The summed E-state index contributed by atoms with van der Waals surface area (Å²) in [6.07, 6.45) is 0.959. The monoisotopic (exact) mass is 350 g/mol. The summed E-state index contributed by atoms with van der Waals surface area (Å²) in [5.41, 5.74) is 3.60. The first-order valence-electron chi connectivity index (χ1n) is 8.18. The summed E-state index contributed by atoms with van der Waals surface area (Å²) in [5, 5.41) is 17.4. The predicted octanol–water partition coefficient (Wildman–Crippen LogP) is 3.88. The minimum atomic E-state index is -0.0865. The zero-order chi connectivity index (χ0) is 17.4. The Bertz CT molecular complexity index is 1110. The number of benzene rings is 2. The first kappa shape index (κ1) is 15.9. The number of aromatic hydroxyl groups is 1. The van der Waals surface area contributed by atoms with Crippen LogP contribution < -0.4 is 10.9 Å². The van der Waals surface area contributed by atoms with E-state index < -0.39 is 0 Å². The van der Waals surface area contributed by atoms with Crippen LogP contribution in [0.3, 0.4) is 0 Å². The second-order valence-corrected chi connectivity index (χ2v) is 6.97. The molecule has 2 aromatic carbocycles. The lowest BCUT2D eigenvalue weighted by Crippen LogP contribution is -2.10. The van der Waals surface area contributed by atoms with Crippen molar-refractivity contribution in [3.63, 3.8) is 0 Å². The average Bonchev–Trinajstić information content (AvgIpc) is 3.12. The van der Waals surface area contributed by atoms with Gasteiger partial charge in [-0.2, -0.15) is 0 Å². The van der Waals surface area contributed by atoms with E-state index in [1.165, 1.54) is 16.9 Å². The van der Waals surface area contributed by atoms with E-state index in [9.17, 15) is 9.90 Å². The summed E-state index contributed by atoms with van der Waals surface area (Å²) in [5.74, 6) is 0.218. The van der Waals surface area contributed by atoms with Gasteiger partial charge in [-0.1, -0.05) is 24.3 Å². The van der Waals surface area contributed by atoms with Crippen molar-refractivity contribution in [2.45, 2.75) is 6.42 Å². The zero-order valence-corrected chi connectivity index (χ0v) is 14.6. The van der Waals surface area contributed by atoms with Crippen LogP contribution in [0.4, 0.5) is 0 Å². The molecule has 2 heterocycles. The van der Waals surface area contributed by atoms with E-state index in [0.717, 1.165) is 40.4 Å². The molecule has 0 saturated carbocycles. The van der Waals surface area contributed by atoms with E-state index in [1.54, 1.807) is 12.1 Å². The number of likely N-dealkylation sites (N-methyl/N-ethyl adjacent to an activating group) is 1. The van der Waals surface area contributed by atoms with E-state index >= 15 is 0 Å². The summed E-state index contributed by atoms with van der Waals surface area (Å²) in [4.78, 5) is 15.1. The van der Waals surface area contributed by atoms with Crippen molar-refractivity contribution < 1.29 is 5.11 Å². The van der Waals surface area contributed by atoms with Crippen LogP contribution in [0.25, 0.3) is 32.1 Å². The Kier molecular flexibility index (Phi) is 4.03. The van der Waals surface area contributed by atoms with Gasteiger partial charge < -0.3 is 15.4 Å². The Morgan fingerprint density at radius 1 is 1.12 bits per heavy atom. The van der Waals surface area contributed by atoms with Gasteiger partial charge in [-0.25, -0.2) is 0 Å². The molecule has 4 nitrogen and oxygen atoms in total.